The van der Waals surface area contributed by atoms with Crippen molar-refractivity contribution in [1.29, 1.82) is 0 Å². The molecule has 0 amide bonds. The van der Waals surface area contributed by atoms with Crippen molar-refractivity contribution in [3.05, 3.63) is 12.3 Å². The lowest BCUT2D eigenvalue weighted by Crippen LogP contribution is -1.99. The van der Waals surface area contributed by atoms with E-state index in [2.05, 4.69) is 31.3 Å². The van der Waals surface area contributed by atoms with Gasteiger partial charge in [0.15, 0.2) is 0 Å². The van der Waals surface area contributed by atoms with Crippen LogP contribution in [0.2, 0.25) is 0 Å². The highest BCUT2D eigenvalue weighted by Gasteiger charge is 2.18. The van der Waals surface area contributed by atoms with Crippen LogP contribution in [0.5, 0.6) is 0 Å². The average molecular weight is 125 g/mol. The maximum Gasteiger partial charge on any atom is 0.00555 e. The minimum absolute atomic E-state index is 1.03. The lowest BCUT2D eigenvalue weighted by molar-refractivity contribution is 0.559. The largest absolute Gasteiger partial charge is 0.384 e. The second-order valence-electron chi connectivity index (χ2n) is 3.03. The number of rotatable bonds is 3. The average Bonchev–Trinajstić information content (AvgIpc) is 2.48. The van der Waals surface area contributed by atoms with Crippen molar-refractivity contribution in [2.75, 3.05) is 14.1 Å². The Balaban J connectivity index is 2.01. The van der Waals surface area contributed by atoms with Crippen LogP contribution in [0.3, 0.4) is 0 Å². The van der Waals surface area contributed by atoms with Crippen LogP contribution >= 0.6 is 0 Å². The number of allylic oxidation sites excluding steroid dienone is 1. The summed E-state index contributed by atoms with van der Waals surface area (Å²) in [6.45, 7) is 0. The quantitative estimate of drug-likeness (QED) is 0.556. The van der Waals surface area contributed by atoms with Crippen LogP contribution in [0.1, 0.15) is 19.3 Å². The molecule has 0 radical (unpaired) electrons. The lowest BCUT2D eigenvalue weighted by Gasteiger charge is -2.01. The minimum atomic E-state index is 1.03. The molecule has 0 aromatic carbocycles. The van der Waals surface area contributed by atoms with Crippen LogP contribution < -0.4 is 0 Å². The molecule has 1 rings (SSSR count). The molecule has 52 valence electrons. The lowest BCUT2D eigenvalue weighted by atomic mass is 10.3. The maximum atomic E-state index is 2.26. The zero-order valence-electron chi connectivity index (χ0n) is 6.30. The third-order valence-electron chi connectivity index (χ3n) is 1.57. The summed E-state index contributed by atoms with van der Waals surface area (Å²) in [5.74, 6) is 1.03. The summed E-state index contributed by atoms with van der Waals surface area (Å²) < 4.78 is 0. The van der Waals surface area contributed by atoms with Gasteiger partial charge >= 0.3 is 0 Å². The molecule has 9 heavy (non-hydrogen) atoms. The Hall–Kier alpha value is -0.460. The summed E-state index contributed by atoms with van der Waals surface area (Å²) in [4.78, 5) is 2.09. The fraction of sp³-hybridized carbons (Fsp3) is 0.750. The third-order valence-corrected chi connectivity index (χ3v) is 1.57. The van der Waals surface area contributed by atoms with E-state index in [0.29, 0.717) is 0 Å². The fourth-order valence-electron chi connectivity index (χ4n) is 0.818. The van der Waals surface area contributed by atoms with Crippen molar-refractivity contribution in [2.24, 2.45) is 5.92 Å². The standard InChI is InChI=1S/C8H15N/c1-9(2)7-3-4-8-5-6-8/h3,7-8H,4-6H2,1-2H3/b7-3+. The Morgan fingerprint density at radius 1 is 1.44 bits per heavy atom. The van der Waals surface area contributed by atoms with E-state index in [9.17, 15) is 0 Å². The molecule has 0 saturated heterocycles. The predicted molar refractivity (Wildman–Crippen MR) is 40.2 cm³/mol. The van der Waals surface area contributed by atoms with E-state index in [0.717, 1.165) is 5.92 Å². The van der Waals surface area contributed by atoms with E-state index in [1.165, 1.54) is 19.3 Å². The number of hydrogen-bond donors (Lipinski definition) is 0. The molecule has 1 aliphatic rings. The fourth-order valence-corrected chi connectivity index (χ4v) is 0.818. The summed E-state index contributed by atoms with van der Waals surface area (Å²) in [6, 6.07) is 0. The third kappa shape index (κ3) is 3.17. The van der Waals surface area contributed by atoms with Gasteiger partial charge in [-0.15, -0.1) is 0 Å². The van der Waals surface area contributed by atoms with Gasteiger partial charge in [-0.2, -0.15) is 0 Å². The van der Waals surface area contributed by atoms with Gasteiger partial charge in [0.25, 0.3) is 0 Å². The summed E-state index contributed by atoms with van der Waals surface area (Å²) in [6.07, 6.45) is 8.60. The van der Waals surface area contributed by atoms with Crippen LogP contribution in [0.25, 0.3) is 0 Å². The SMILES string of the molecule is CN(C)/C=C/CC1CC1. The molecule has 0 aromatic heterocycles. The van der Waals surface area contributed by atoms with Crippen molar-refractivity contribution < 1.29 is 0 Å². The van der Waals surface area contributed by atoms with E-state index >= 15 is 0 Å². The van der Waals surface area contributed by atoms with Gasteiger partial charge in [0, 0.05) is 14.1 Å². The molecule has 0 bridgehead atoms. The van der Waals surface area contributed by atoms with Gasteiger partial charge in [-0.1, -0.05) is 6.08 Å². The Labute approximate surface area is 57.4 Å². The molecule has 0 aliphatic heterocycles. The molecular formula is C8H15N. The van der Waals surface area contributed by atoms with E-state index < -0.39 is 0 Å². The van der Waals surface area contributed by atoms with Gasteiger partial charge in [-0.05, 0) is 31.4 Å². The predicted octanol–water partition coefficient (Wildman–Crippen LogP) is 1.86. The van der Waals surface area contributed by atoms with E-state index in [4.69, 9.17) is 0 Å². The highest BCUT2D eigenvalue weighted by Crippen LogP contribution is 2.32. The Morgan fingerprint density at radius 3 is 2.56 bits per heavy atom. The van der Waals surface area contributed by atoms with Crippen LogP contribution in [0.15, 0.2) is 12.3 Å². The topological polar surface area (TPSA) is 3.24 Å². The van der Waals surface area contributed by atoms with Crippen molar-refractivity contribution in [3.63, 3.8) is 0 Å². The molecule has 1 nitrogen and oxygen atoms in total. The highest BCUT2D eigenvalue weighted by molar-refractivity contribution is 4.86. The molecular weight excluding hydrogens is 110 g/mol. The second kappa shape index (κ2) is 2.90. The molecule has 1 fully saturated rings. The highest BCUT2D eigenvalue weighted by atomic mass is 15.0. The molecule has 0 spiro atoms. The smallest absolute Gasteiger partial charge is 0.00555 e. The molecule has 0 atom stereocenters. The van der Waals surface area contributed by atoms with Gasteiger partial charge < -0.3 is 4.90 Å². The number of hydrogen-bond acceptors (Lipinski definition) is 1. The summed E-state index contributed by atoms with van der Waals surface area (Å²) in [5.41, 5.74) is 0. The molecule has 0 unspecified atom stereocenters. The van der Waals surface area contributed by atoms with Gasteiger partial charge in [0.2, 0.25) is 0 Å². The van der Waals surface area contributed by atoms with E-state index in [1.807, 2.05) is 0 Å². The summed E-state index contributed by atoms with van der Waals surface area (Å²) >= 11 is 0. The van der Waals surface area contributed by atoms with Gasteiger partial charge in [0.05, 0.1) is 0 Å². The first-order chi connectivity index (χ1) is 4.29. The monoisotopic (exact) mass is 125 g/mol. The number of nitrogens with zero attached hydrogens (tertiary/aromatic N) is 1. The van der Waals surface area contributed by atoms with Crippen molar-refractivity contribution in [3.8, 4) is 0 Å². The maximum absolute atomic E-state index is 2.26. The molecule has 1 heteroatoms. The van der Waals surface area contributed by atoms with Gasteiger partial charge in [0.1, 0.15) is 0 Å². The second-order valence-corrected chi connectivity index (χ2v) is 3.03. The summed E-state index contributed by atoms with van der Waals surface area (Å²) in [5, 5.41) is 0. The van der Waals surface area contributed by atoms with Crippen molar-refractivity contribution in [1.82, 2.24) is 4.90 Å². The van der Waals surface area contributed by atoms with E-state index in [1.54, 1.807) is 0 Å². The molecule has 1 aliphatic carbocycles. The Bertz CT molecular complexity index is 101. The van der Waals surface area contributed by atoms with Crippen LogP contribution in [0, 0.1) is 5.92 Å². The molecule has 1 saturated carbocycles. The molecule has 0 N–H and O–H groups in total. The summed E-state index contributed by atoms with van der Waals surface area (Å²) in [7, 11) is 4.12. The van der Waals surface area contributed by atoms with Crippen LogP contribution in [-0.4, -0.2) is 19.0 Å². The Morgan fingerprint density at radius 2 is 2.11 bits per heavy atom. The van der Waals surface area contributed by atoms with Crippen LogP contribution in [0.4, 0.5) is 0 Å². The first-order valence-corrected chi connectivity index (χ1v) is 3.62. The van der Waals surface area contributed by atoms with E-state index in [-0.39, 0.29) is 0 Å². The van der Waals surface area contributed by atoms with Gasteiger partial charge in [-0.3, -0.25) is 0 Å². The minimum Gasteiger partial charge on any atom is -0.384 e. The Kier molecular flexibility index (Phi) is 2.15. The van der Waals surface area contributed by atoms with Crippen LogP contribution in [-0.2, 0) is 0 Å². The van der Waals surface area contributed by atoms with Gasteiger partial charge in [-0.25, -0.2) is 0 Å². The molecule has 0 aromatic rings. The first kappa shape index (κ1) is 6.66. The zero-order chi connectivity index (χ0) is 6.69. The van der Waals surface area contributed by atoms with Crippen molar-refractivity contribution in [2.45, 2.75) is 19.3 Å². The molecule has 0 heterocycles. The zero-order valence-corrected chi connectivity index (χ0v) is 6.30. The van der Waals surface area contributed by atoms with Crippen molar-refractivity contribution >= 4 is 0 Å². The first-order valence-electron chi connectivity index (χ1n) is 3.62. The normalized spacial score (nSPS) is 18.9.